The van der Waals surface area contributed by atoms with Gasteiger partial charge in [-0.3, -0.25) is 14.4 Å². The average molecular weight is 371 g/mol. The molecule has 7 nitrogen and oxygen atoms in total. The Balaban J connectivity index is 1.89. The van der Waals surface area contributed by atoms with Crippen molar-refractivity contribution in [1.82, 2.24) is 10.6 Å². The molecule has 0 unspecified atom stereocenters. The Kier molecular flexibility index (Phi) is 6.76. The summed E-state index contributed by atoms with van der Waals surface area (Å²) in [4.78, 5) is 36.4. The van der Waals surface area contributed by atoms with Gasteiger partial charge in [0.1, 0.15) is 5.76 Å². The van der Waals surface area contributed by atoms with E-state index in [4.69, 9.17) is 4.42 Å². The summed E-state index contributed by atoms with van der Waals surface area (Å²) in [5.74, 6) is -0.0775. The minimum atomic E-state index is -0.505. The Morgan fingerprint density at radius 1 is 1.00 bits per heavy atom. The van der Waals surface area contributed by atoms with Crippen LogP contribution in [0.15, 0.2) is 47.1 Å². The number of anilines is 1. The average Bonchev–Trinajstić information content (AvgIpc) is 3.12. The van der Waals surface area contributed by atoms with Crippen LogP contribution < -0.4 is 16.0 Å². The predicted octanol–water partition coefficient (Wildman–Crippen LogP) is 2.70. The molecule has 144 valence electrons. The predicted molar refractivity (Wildman–Crippen MR) is 102 cm³/mol. The second-order valence-electron chi connectivity index (χ2n) is 7.11. The van der Waals surface area contributed by atoms with E-state index < -0.39 is 5.41 Å². The Hall–Kier alpha value is -3.09. The van der Waals surface area contributed by atoms with E-state index in [9.17, 15) is 14.4 Å². The third-order valence-corrected chi connectivity index (χ3v) is 3.77. The molecule has 0 spiro atoms. The van der Waals surface area contributed by atoms with Crippen LogP contribution in [0.3, 0.4) is 0 Å². The standard InChI is InChI=1S/C20H25N3O4/c1-20(2,3)19(26)21-11-10-17(24)23-16-9-5-4-8-15(16)18(25)22-13-14-7-6-12-27-14/h4-9,12H,10-11,13H2,1-3H3,(H,21,26)(H,22,25)(H,23,24). The van der Waals surface area contributed by atoms with Crippen LogP contribution in [0.1, 0.15) is 43.3 Å². The first-order valence-electron chi connectivity index (χ1n) is 8.75. The fraction of sp³-hybridized carbons (Fsp3) is 0.350. The third-order valence-electron chi connectivity index (χ3n) is 3.77. The van der Waals surface area contributed by atoms with Crippen molar-refractivity contribution in [3.63, 3.8) is 0 Å². The molecule has 1 aromatic heterocycles. The van der Waals surface area contributed by atoms with E-state index in [0.29, 0.717) is 17.0 Å². The summed E-state index contributed by atoms with van der Waals surface area (Å²) in [6, 6.07) is 10.3. The van der Waals surface area contributed by atoms with Crippen molar-refractivity contribution in [3.05, 3.63) is 54.0 Å². The number of amides is 3. The molecule has 0 radical (unpaired) electrons. The molecule has 1 heterocycles. The van der Waals surface area contributed by atoms with E-state index in [1.807, 2.05) is 0 Å². The van der Waals surface area contributed by atoms with Crippen LogP contribution in [0.25, 0.3) is 0 Å². The van der Waals surface area contributed by atoms with Crippen LogP contribution in [0.5, 0.6) is 0 Å². The van der Waals surface area contributed by atoms with Crippen molar-refractivity contribution in [2.75, 3.05) is 11.9 Å². The first-order chi connectivity index (χ1) is 12.8. The lowest BCUT2D eigenvalue weighted by Crippen LogP contribution is -2.36. The van der Waals surface area contributed by atoms with Crippen LogP contribution >= 0.6 is 0 Å². The van der Waals surface area contributed by atoms with E-state index in [0.717, 1.165) is 0 Å². The second kappa shape index (κ2) is 9.02. The highest BCUT2D eigenvalue weighted by Gasteiger charge is 2.20. The smallest absolute Gasteiger partial charge is 0.253 e. The third kappa shape index (κ3) is 6.29. The molecular formula is C20H25N3O4. The van der Waals surface area contributed by atoms with Crippen molar-refractivity contribution in [2.45, 2.75) is 33.7 Å². The van der Waals surface area contributed by atoms with Gasteiger partial charge < -0.3 is 20.4 Å². The fourth-order valence-electron chi connectivity index (χ4n) is 2.23. The van der Waals surface area contributed by atoms with Crippen LogP contribution in [0.2, 0.25) is 0 Å². The molecule has 2 aromatic rings. The highest BCUT2D eigenvalue weighted by atomic mass is 16.3. The zero-order chi connectivity index (χ0) is 19.9. The molecule has 0 aliphatic heterocycles. The Bertz CT molecular complexity index is 792. The molecule has 0 saturated carbocycles. The molecular weight excluding hydrogens is 346 g/mol. The van der Waals surface area contributed by atoms with Gasteiger partial charge in [-0.2, -0.15) is 0 Å². The molecule has 3 amide bonds. The summed E-state index contributed by atoms with van der Waals surface area (Å²) in [5.41, 5.74) is 0.271. The topological polar surface area (TPSA) is 100 Å². The Morgan fingerprint density at radius 3 is 2.41 bits per heavy atom. The van der Waals surface area contributed by atoms with Crippen molar-refractivity contribution in [1.29, 1.82) is 0 Å². The van der Waals surface area contributed by atoms with Gasteiger partial charge in [0.05, 0.1) is 24.1 Å². The summed E-state index contributed by atoms with van der Waals surface area (Å²) in [6.45, 7) is 5.90. The van der Waals surface area contributed by atoms with E-state index in [-0.39, 0.29) is 37.2 Å². The zero-order valence-corrected chi connectivity index (χ0v) is 15.8. The number of carbonyl (C=O) groups excluding carboxylic acids is 3. The van der Waals surface area contributed by atoms with Crippen LogP contribution in [0, 0.1) is 5.41 Å². The fourth-order valence-corrected chi connectivity index (χ4v) is 2.23. The molecule has 0 fully saturated rings. The van der Waals surface area contributed by atoms with Gasteiger partial charge >= 0.3 is 0 Å². The minimum absolute atomic E-state index is 0.115. The van der Waals surface area contributed by atoms with Crippen molar-refractivity contribution in [2.24, 2.45) is 5.41 Å². The van der Waals surface area contributed by atoms with Crippen LogP contribution in [-0.4, -0.2) is 24.3 Å². The highest BCUT2D eigenvalue weighted by Crippen LogP contribution is 2.16. The molecule has 7 heteroatoms. The van der Waals surface area contributed by atoms with Crippen molar-refractivity contribution < 1.29 is 18.8 Å². The summed E-state index contributed by atoms with van der Waals surface area (Å²) < 4.78 is 5.18. The van der Waals surface area contributed by atoms with Gasteiger partial charge in [-0.15, -0.1) is 0 Å². The van der Waals surface area contributed by atoms with Gasteiger partial charge in [0.15, 0.2) is 0 Å². The number of hydrogen-bond acceptors (Lipinski definition) is 4. The van der Waals surface area contributed by atoms with Gasteiger partial charge in [0.2, 0.25) is 11.8 Å². The minimum Gasteiger partial charge on any atom is -0.467 e. The van der Waals surface area contributed by atoms with Gasteiger partial charge in [-0.05, 0) is 24.3 Å². The van der Waals surface area contributed by atoms with E-state index in [1.54, 1.807) is 57.2 Å². The summed E-state index contributed by atoms with van der Waals surface area (Å²) in [7, 11) is 0. The maximum Gasteiger partial charge on any atom is 0.253 e. The number of para-hydroxylation sites is 1. The number of rotatable bonds is 7. The number of nitrogens with one attached hydrogen (secondary N) is 3. The second-order valence-corrected chi connectivity index (χ2v) is 7.11. The van der Waals surface area contributed by atoms with Gasteiger partial charge in [-0.25, -0.2) is 0 Å². The molecule has 0 bridgehead atoms. The zero-order valence-electron chi connectivity index (χ0n) is 15.8. The Labute approximate surface area is 158 Å². The normalized spacial score (nSPS) is 10.9. The van der Waals surface area contributed by atoms with Crippen LogP contribution in [0.4, 0.5) is 5.69 Å². The van der Waals surface area contributed by atoms with Gasteiger partial charge in [0, 0.05) is 18.4 Å². The van der Waals surface area contributed by atoms with Gasteiger partial charge in [0.25, 0.3) is 5.91 Å². The maximum atomic E-state index is 12.4. The number of hydrogen-bond donors (Lipinski definition) is 3. The summed E-state index contributed by atoms with van der Waals surface area (Å²) >= 11 is 0. The van der Waals surface area contributed by atoms with Crippen molar-refractivity contribution in [3.8, 4) is 0 Å². The number of carbonyl (C=O) groups is 3. The lowest BCUT2D eigenvalue weighted by atomic mass is 9.96. The number of benzene rings is 1. The number of furan rings is 1. The maximum absolute atomic E-state index is 12.4. The summed E-state index contributed by atoms with van der Waals surface area (Å²) in [6.07, 6.45) is 1.65. The first kappa shape index (κ1) is 20.2. The Morgan fingerprint density at radius 2 is 1.74 bits per heavy atom. The summed E-state index contributed by atoms with van der Waals surface area (Å²) in [5, 5.41) is 8.19. The molecule has 0 saturated heterocycles. The van der Waals surface area contributed by atoms with Crippen LogP contribution in [-0.2, 0) is 16.1 Å². The van der Waals surface area contributed by atoms with E-state index in [2.05, 4.69) is 16.0 Å². The quantitative estimate of drug-likeness (QED) is 0.697. The lowest BCUT2D eigenvalue weighted by Gasteiger charge is -2.17. The molecule has 3 N–H and O–H groups in total. The largest absolute Gasteiger partial charge is 0.467 e. The molecule has 27 heavy (non-hydrogen) atoms. The molecule has 1 aromatic carbocycles. The monoisotopic (exact) mass is 371 g/mol. The SMILES string of the molecule is CC(C)(C)C(=O)NCCC(=O)Nc1ccccc1C(=O)NCc1ccco1. The molecule has 0 atom stereocenters. The van der Waals surface area contributed by atoms with Crippen molar-refractivity contribution >= 4 is 23.4 Å². The first-order valence-corrected chi connectivity index (χ1v) is 8.75. The van der Waals surface area contributed by atoms with E-state index >= 15 is 0 Å². The molecule has 2 rings (SSSR count). The lowest BCUT2D eigenvalue weighted by molar-refractivity contribution is -0.128. The van der Waals surface area contributed by atoms with Gasteiger partial charge in [-0.1, -0.05) is 32.9 Å². The highest BCUT2D eigenvalue weighted by molar-refractivity contribution is 6.03. The molecule has 0 aliphatic rings. The van der Waals surface area contributed by atoms with E-state index in [1.165, 1.54) is 6.26 Å². The molecule has 0 aliphatic carbocycles.